The largest absolute Gasteiger partial charge is 0.481 e. The summed E-state index contributed by atoms with van der Waals surface area (Å²) in [5.74, 6) is -0.605. The minimum atomic E-state index is -0.984. The summed E-state index contributed by atoms with van der Waals surface area (Å²) in [6, 6.07) is 7.53. The number of hydrogen-bond acceptors (Lipinski definition) is 3. The highest BCUT2D eigenvalue weighted by atomic mass is 16.5. The molecule has 1 atom stereocenters. The minimum absolute atomic E-state index is 0.116. The van der Waals surface area contributed by atoms with Crippen LogP contribution < -0.4 is 0 Å². The summed E-state index contributed by atoms with van der Waals surface area (Å²) in [5.41, 5.74) is 0.794. The van der Waals surface area contributed by atoms with Gasteiger partial charge in [-0.25, -0.2) is 0 Å². The number of hydrogen-bond donors (Lipinski definition) is 1. The van der Waals surface area contributed by atoms with Crippen LogP contribution in [0.2, 0.25) is 0 Å². The molecule has 1 saturated heterocycles. The van der Waals surface area contributed by atoms with E-state index in [0.29, 0.717) is 24.4 Å². The number of likely N-dealkylation sites (tertiary alicyclic amines) is 1. The molecule has 22 heavy (non-hydrogen) atoms. The minimum Gasteiger partial charge on any atom is -0.481 e. The number of carbonyl (C=O) groups is 2. The van der Waals surface area contributed by atoms with E-state index >= 15 is 0 Å². The predicted molar refractivity (Wildman–Crippen MR) is 83.0 cm³/mol. The second kappa shape index (κ2) is 6.48. The molecule has 1 unspecified atom stereocenters. The zero-order valence-electron chi connectivity index (χ0n) is 13.3. The first-order valence-electron chi connectivity index (χ1n) is 7.51. The Morgan fingerprint density at radius 1 is 1.32 bits per heavy atom. The molecule has 0 spiro atoms. The van der Waals surface area contributed by atoms with Crippen molar-refractivity contribution in [3.05, 3.63) is 35.4 Å². The second-order valence-corrected chi connectivity index (χ2v) is 6.27. The number of aliphatic carboxylic acids is 1. The highest BCUT2D eigenvalue weighted by Crippen LogP contribution is 2.32. The van der Waals surface area contributed by atoms with Crippen LogP contribution in [0.1, 0.15) is 42.1 Å². The number of ether oxygens (including phenoxy) is 1. The Labute approximate surface area is 130 Å². The molecule has 5 heteroatoms. The molecule has 1 N–H and O–H groups in total. The molecule has 2 rings (SSSR count). The van der Waals surface area contributed by atoms with Gasteiger partial charge in [0.05, 0.1) is 6.61 Å². The summed E-state index contributed by atoms with van der Waals surface area (Å²) in [5, 5.41) is 9.44. The molecule has 0 bridgehead atoms. The van der Waals surface area contributed by atoms with E-state index in [-0.39, 0.29) is 19.1 Å². The highest BCUT2D eigenvalue weighted by molar-refractivity contribution is 5.95. The average molecular weight is 305 g/mol. The third-order valence-corrected chi connectivity index (χ3v) is 4.34. The van der Waals surface area contributed by atoms with E-state index < -0.39 is 11.4 Å². The van der Waals surface area contributed by atoms with E-state index in [1.165, 1.54) is 12.7 Å². The van der Waals surface area contributed by atoms with Gasteiger partial charge < -0.3 is 14.7 Å². The van der Waals surface area contributed by atoms with Crippen LogP contribution in [-0.2, 0) is 9.53 Å². The summed E-state index contributed by atoms with van der Waals surface area (Å²) >= 11 is 0. The second-order valence-electron chi connectivity index (χ2n) is 6.27. The summed E-state index contributed by atoms with van der Waals surface area (Å²) in [6.45, 7) is 4.96. The van der Waals surface area contributed by atoms with Gasteiger partial charge in [0.2, 0.25) is 0 Å². The predicted octanol–water partition coefficient (Wildman–Crippen LogP) is 2.37. The Balaban J connectivity index is 2.12. The quantitative estimate of drug-likeness (QED) is 0.907. The van der Waals surface area contributed by atoms with E-state index in [2.05, 4.69) is 13.8 Å². The lowest BCUT2D eigenvalue weighted by atomic mass is 9.88. The zero-order chi connectivity index (χ0) is 16.3. The fraction of sp³-hybridized carbons (Fsp3) is 0.529. The first-order chi connectivity index (χ1) is 10.4. The Bertz CT molecular complexity index is 552. The molecule has 1 aliphatic heterocycles. The van der Waals surface area contributed by atoms with Crippen LogP contribution in [0.25, 0.3) is 0 Å². The van der Waals surface area contributed by atoms with E-state index in [4.69, 9.17) is 4.74 Å². The Kier molecular flexibility index (Phi) is 4.86. The summed E-state index contributed by atoms with van der Waals surface area (Å²) in [7, 11) is 1.49. The molecule has 0 saturated carbocycles. The van der Waals surface area contributed by atoms with Gasteiger partial charge in [-0.3, -0.25) is 9.59 Å². The molecule has 1 aromatic rings. The Morgan fingerprint density at radius 2 is 1.95 bits per heavy atom. The fourth-order valence-corrected chi connectivity index (χ4v) is 2.87. The van der Waals surface area contributed by atoms with Crippen molar-refractivity contribution in [1.82, 2.24) is 4.90 Å². The van der Waals surface area contributed by atoms with Gasteiger partial charge in [0.25, 0.3) is 5.91 Å². The number of nitrogens with zero attached hydrogens (tertiary/aromatic N) is 1. The molecule has 1 fully saturated rings. The van der Waals surface area contributed by atoms with Gasteiger partial charge in [0.1, 0.15) is 5.41 Å². The third kappa shape index (κ3) is 3.14. The lowest BCUT2D eigenvalue weighted by Gasteiger charge is -2.23. The lowest BCUT2D eigenvalue weighted by molar-refractivity contribution is -0.151. The van der Waals surface area contributed by atoms with E-state index in [9.17, 15) is 14.7 Å². The van der Waals surface area contributed by atoms with Crippen molar-refractivity contribution >= 4 is 11.9 Å². The smallest absolute Gasteiger partial charge is 0.313 e. The maximum Gasteiger partial charge on any atom is 0.313 e. The van der Waals surface area contributed by atoms with Crippen LogP contribution in [0.5, 0.6) is 0 Å². The van der Waals surface area contributed by atoms with E-state index in [1.807, 2.05) is 24.3 Å². The molecule has 5 nitrogen and oxygen atoms in total. The normalized spacial score (nSPS) is 21.4. The summed E-state index contributed by atoms with van der Waals surface area (Å²) < 4.78 is 5.05. The maximum atomic E-state index is 12.5. The van der Waals surface area contributed by atoms with E-state index in [0.717, 1.165) is 0 Å². The number of amides is 1. The Morgan fingerprint density at radius 3 is 2.45 bits per heavy atom. The number of rotatable bonds is 5. The number of carboxylic acid groups (broad SMARTS) is 1. The molecule has 0 aromatic heterocycles. The molecule has 1 aromatic carbocycles. The summed E-state index contributed by atoms with van der Waals surface area (Å²) in [4.78, 5) is 25.7. The maximum absolute atomic E-state index is 12.5. The van der Waals surface area contributed by atoms with Gasteiger partial charge in [-0.1, -0.05) is 26.0 Å². The molecule has 1 heterocycles. The lowest BCUT2D eigenvalue weighted by Crippen LogP contribution is -2.40. The monoisotopic (exact) mass is 305 g/mol. The molecule has 0 radical (unpaired) electrons. The van der Waals surface area contributed by atoms with E-state index in [1.54, 1.807) is 4.90 Å². The third-order valence-electron chi connectivity index (χ3n) is 4.34. The first kappa shape index (κ1) is 16.5. The van der Waals surface area contributed by atoms with Crippen LogP contribution in [0, 0.1) is 5.41 Å². The van der Waals surface area contributed by atoms with Crippen molar-refractivity contribution in [2.45, 2.75) is 26.2 Å². The highest BCUT2D eigenvalue weighted by Gasteiger charge is 2.46. The van der Waals surface area contributed by atoms with Crippen molar-refractivity contribution in [3.63, 3.8) is 0 Å². The van der Waals surface area contributed by atoms with Crippen LogP contribution in [-0.4, -0.2) is 48.7 Å². The Hall–Kier alpha value is -1.88. The number of carboxylic acids is 1. The van der Waals surface area contributed by atoms with Crippen LogP contribution >= 0.6 is 0 Å². The molecule has 1 aliphatic rings. The molecule has 1 amide bonds. The SMILES string of the molecule is COCC1(C(=O)O)CCN(C(=O)c2ccc(C(C)C)cc2)C1. The molecular formula is C17H23NO4. The number of benzene rings is 1. The zero-order valence-corrected chi connectivity index (χ0v) is 13.3. The van der Waals surface area contributed by atoms with Crippen molar-refractivity contribution in [1.29, 1.82) is 0 Å². The average Bonchev–Trinajstić information content (AvgIpc) is 2.92. The topological polar surface area (TPSA) is 66.8 Å². The van der Waals surface area contributed by atoms with Crippen molar-refractivity contribution in [2.24, 2.45) is 5.41 Å². The van der Waals surface area contributed by atoms with Gasteiger partial charge in [-0.2, -0.15) is 0 Å². The van der Waals surface area contributed by atoms with Crippen LogP contribution in [0.15, 0.2) is 24.3 Å². The molecular weight excluding hydrogens is 282 g/mol. The molecule has 0 aliphatic carbocycles. The number of carbonyl (C=O) groups excluding carboxylic acids is 1. The van der Waals surface area contributed by atoms with Gasteiger partial charge in [0, 0.05) is 25.8 Å². The summed E-state index contributed by atoms with van der Waals surface area (Å²) in [6.07, 6.45) is 0.423. The van der Waals surface area contributed by atoms with Crippen molar-refractivity contribution in [2.75, 3.05) is 26.8 Å². The molecule has 120 valence electrons. The standard InChI is InChI=1S/C17H23NO4/c1-12(2)13-4-6-14(7-5-13)15(19)18-9-8-17(10-18,11-22-3)16(20)21/h4-7,12H,8-11H2,1-3H3,(H,20,21). The van der Waals surface area contributed by atoms with Gasteiger partial charge in [0.15, 0.2) is 0 Å². The van der Waals surface area contributed by atoms with Crippen LogP contribution in [0.4, 0.5) is 0 Å². The number of methoxy groups -OCH3 is 1. The van der Waals surface area contributed by atoms with Crippen molar-refractivity contribution in [3.8, 4) is 0 Å². The fourth-order valence-electron chi connectivity index (χ4n) is 2.87. The first-order valence-corrected chi connectivity index (χ1v) is 7.51. The van der Waals surface area contributed by atoms with Crippen molar-refractivity contribution < 1.29 is 19.4 Å². The van der Waals surface area contributed by atoms with Gasteiger partial charge in [-0.15, -0.1) is 0 Å². The van der Waals surface area contributed by atoms with Gasteiger partial charge in [-0.05, 0) is 30.0 Å². The van der Waals surface area contributed by atoms with Gasteiger partial charge >= 0.3 is 5.97 Å². The van der Waals surface area contributed by atoms with Crippen LogP contribution in [0.3, 0.4) is 0 Å².